The highest BCUT2D eigenvalue weighted by atomic mass is 15.2. The Morgan fingerprint density at radius 1 is 1.44 bits per heavy atom. The zero-order valence-corrected chi connectivity index (χ0v) is 10.1. The Kier molecular flexibility index (Phi) is 3.39. The van der Waals surface area contributed by atoms with Crippen molar-refractivity contribution < 1.29 is 0 Å². The molecule has 0 unspecified atom stereocenters. The zero-order chi connectivity index (χ0) is 11.5. The van der Waals surface area contributed by atoms with E-state index in [2.05, 4.69) is 9.97 Å². The summed E-state index contributed by atoms with van der Waals surface area (Å²) in [6.45, 7) is 0.736. The molecule has 1 heterocycles. The molecule has 2 rings (SSSR count). The number of aromatic nitrogens is 2. The fraction of sp³-hybridized carbons (Fsp3) is 0.667. The van der Waals surface area contributed by atoms with Gasteiger partial charge in [0.2, 0.25) is 5.95 Å². The van der Waals surface area contributed by atoms with Crippen molar-refractivity contribution in [1.29, 1.82) is 0 Å². The summed E-state index contributed by atoms with van der Waals surface area (Å²) in [7, 11) is 3.96. The molecular weight excluding hydrogens is 200 g/mol. The van der Waals surface area contributed by atoms with E-state index in [0.717, 1.165) is 25.3 Å². The molecule has 2 N–H and O–H groups in total. The molecule has 0 spiro atoms. The topological polar surface area (TPSA) is 55.0 Å². The smallest absolute Gasteiger partial charge is 0.225 e. The van der Waals surface area contributed by atoms with Crippen molar-refractivity contribution in [3.63, 3.8) is 0 Å². The fourth-order valence-electron chi connectivity index (χ4n) is 1.82. The van der Waals surface area contributed by atoms with Crippen molar-refractivity contribution >= 4 is 5.95 Å². The summed E-state index contributed by atoms with van der Waals surface area (Å²) < 4.78 is 0. The van der Waals surface area contributed by atoms with Crippen LogP contribution in [-0.4, -0.2) is 30.6 Å². The Hall–Kier alpha value is -1.16. The lowest BCUT2D eigenvalue weighted by molar-refractivity contribution is 0.797. The second-order valence-electron chi connectivity index (χ2n) is 4.64. The minimum Gasteiger partial charge on any atom is -0.347 e. The van der Waals surface area contributed by atoms with Crippen LogP contribution in [0.25, 0.3) is 0 Å². The first kappa shape index (κ1) is 11.3. The average molecular weight is 220 g/mol. The van der Waals surface area contributed by atoms with Gasteiger partial charge in [-0.15, -0.1) is 0 Å². The SMILES string of the molecule is CN(C)c1ncc(CCCN)c(C2CC2)n1. The summed E-state index contributed by atoms with van der Waals surface area (Å²) in [5.41, 5.74) is 8.09. The van der Waals surface area contributed by atoms with Crippen molar-refractivity contribution in [2.45, 2.75) is 31.6 Å². The molecule has 0 amide bonds. The third-order valence-corrected chi connectivity index (χ3v) is 2.90. The molecule has 1 aromatic rings. The fourth-order valence-corrected chi connectivity index (χ4v) is 1.82. The van der Waals surface area contributed by atoms with E-state index in [9.17, 15) is 0 Å². The predicted molar refractivity (Wildman–Crippen MR) is 65.7 cm³/mol. The van der Waals surface area contributed by atoms with E-state index in [0.29, 0.717) is 5.92 Å². The quantitative estimate of drug-likeness (QED) is 0.813. The second-order valence-corrected chi connectivity index (χ2v) is 4.64. The molecule has 0 bridgehead atoms. The van der Waals surface area contributed by atoms with Gasteiger partial charge in [-0.05, 0) is 37.8 Å². The summed E-state index contributed by atoms with van der Waals surface area (Å²) in [5, 5.41) is 0. The van der Waals surface area contributed by atoms with Crippen molar-refractivity contribution in [2.24, 2.45) is 5.73 Å². The van der Waals surface area contributed by atoms with Crippen LogP contribution < -0.4 is 10.6 Å². The summed E-state index contributed by atoms with van der Waals surface area (Å²) in [4.78, 5) is 11.0. The average Bonchev–Trinajstić information content (AvgIpc) is 3.09. The Balaban J connectivity index is 2.22. The van der Waals surface area contributed by atoms with E-state index in [1.54, 1.807) is 0 Å². The van der Waals surface area contributed by atoms with Gasteiger partial charge in [-0.2, -0.15) is 0 Å². The molecule has 0 aromatic carbocycles. The van der Waals surface area contributed by atoms with Gasteiger partial charge in [0, 0.05) is 26.2 Å². The maximum atomic E-state index is 5.55. The molecule has 0 aliphatic heterocycles. The Morgan fingerprint density at radius 3 is 2.75 bits per heavy atom. The van der Waals surface area contributed by atoms with Gasteiger partial charge < -0.3 is 10.6 Å². The second kappa shape index (κ2) is 4.78. The third-order valence-electron chi connectivity index (χ3n) is 2.90. The van der Waals surface area contributed by atoms with Crippen LogP contribution in [0.1, 0.15) is 36.4 Å². The van der Waals surface area contributed by atoms with Crippen LogP contribution in [0.2, 0.25) is 0 Å². The van der Waals surface area contributed by atoms with Crippen LogP contribution in [0.15, 0.2) is 6.20 Å². The van der Waals surface area contributed by atoms with Crippen LogP contribution in [0, 0.1) is 0 Å². The standard InChI is InChI=1S/C12H20N4/c1-16(2)12-14-8-10(4-3-7-13)11(15-12)9-5-6-9/h8-9H,3-7,13H2,1-2H3. The van der Waals surface area contributed by atoms with E-state index < -0.39 is 0 Å². The van der Waals surface area contributed by atoms with Gasteiger partial charge in [-0.1, -0.05) is 0 Å². The Bertz CT molecular complexity index is 358. The minimum atomic E-state index is 0.675. The highest BCUT2D eigenvalue weighted by Crippen LogP contribution is 2.41. The van der Waals surface area contributed by atoms with Crippen LogP contribution in [0.5, 0.6) is 0 Å². The monoisotopic (exact) mass is 220 g/mol. The zero-order valence-electron chi connectivity index (χ0n) is 10.1. The number of anilines is 1. The van der Waals surface area contributed by atoms with Gasteiger partial charge in [0.25, 0.3) is 0 Å². The molecule has 1 aliphatic carbocycles. The van der Waals surface area contributed by atoms with Crippen molar-refractivity contribution in [1.82, 2.24) is 9.97 Å². The summed E-state index contributed by atoms with van der Waals surface area (Å²) in [6.07, 6.45) is 6.56. The largest absolute Gasteiger partial charge is 0.347 e. The lowest BCUT2D eigenvalue weighted by atomic mass is 10.1. The van der Waals surface area contributed by atoms with Gasteiger partial charge in [0.1, 0.15) is 0 Å². The lowest BCUT2D eigenvalue weighted by Gasteiger charge is -2.13. The van der Waals surface area contributed by atoms with Crippen molar-refractivity contribution in [3.8, 4) is 0 Å². The molecule has 1 aromatic heterocycles. The van der Waals surface area contributed by atoms with E-state index >= 15 is 0 Å². The molecule has 4 nitrogen and oxygen atoms in total. The molecule has 4 heteroatoms. The van der Waals surface area contributed by atoms with Crippen LogP contribution in [0.3, 0.4) is 0 Å². The molecule has 16 heavy (non-hydrogen) atoms. The lowest BCUT2D eigenvalue weighted by Crippen LogP contribution is -2.14. The van der Waals surface area contributed by atoms with Crippen molar-refractivity contribution in [2.75, 3.05) is 25.5 Å². The highest BCUT2D eigenvalue weighted by Gasteiger charge is 2.28. The van der Waals surface area contributed by atoms with E-state index in [1.807, 2.05) is 25.2 Å². The van der Waals surface area contributed by atoms with Gasteiger partial charge in [-0.25, -0.2) is 9.97 Å². The number of nitrogens with zero attached hydrogens (tertiary/aromatic N) is 3. The normalized spacial score (nSPS) is 15.2. The predicted octanol–water partition coefficient (Wildman–Crippen LogP) is 1.31. The summed E-state index contributed by atoms with van der Waals surface area (Å²) >= 11 is 0. The van der Waals surface area contributed by atoms with E-state index in [1.165, 1.54) is 24.1 Å². The molecule has 0 atom stereocenters. The molecule has 88 valence electrons. The van der Waals surface area contributed by atoms with E-state index in [4.69, 9.17) is 5.73 Å². The molecule has 0 radical (unpaired) electrons. The minimum absolute atomic E-state index is 0.675. The maximum Gasteiger partial charge on any atom is 0.225 e. The van der Waals surface area contributed by atoms with Crippen LogP contribution in [0.4, 0.5) is 5.95 Å². The molecule has 1 saturated carbocycles. The van der Waals surface area contributed by atoms with Gasteiger partial charge in [0.15, 0.2) is 0 Å². The number of hydrogen-bond donors (Lipinski definition) is 1. The first-order chi connectivity index (χ1) is 7.72. The Labute approximate surface area is 96.9 Å². The van der Waals surface area contributed by atoms with Crippen LogP contribution >= 0.6 is 0 Å². The molecule has 0 saturated heterocycles. The Morgan fingerprint density at radius 2 is 2.19 bits per heavy atom. The van der Waals surface area contributed by atoms with Gasteiger partial charge >= 0.3 is 0 Å². The van der Waals surface area contributed by atoms with Crippen LogP contribution in [-0.2, 0) is 6.42 Å². The number of aryl methyl sites for hydroxylation is 1. The van der Waals surface area contributed by atoms with Gasteiger partial charge in [0.05, 0.1) is 5.69 Å². The third kappa shape index (κ3) is 2.50. The first-order valence-electron chi connectivity index (χ1n) is 5.95. The van der Waals surface area contributed by atoms with Gasteiger partial charge in [-0.3, -0.25) is 0 Å². The summed E-state index contributed by atoms with van der Waals surface area (Å²) in [6, 6.07) is 0. The molecular formula is C12H20N4. The number of nitrogens with two attached hydrogens (primary N) is 1. The summed E-state index contributed by atoms with van der Waals surface area (Å²) in [5.74, 6) is 1.49. The highest BCUT2D eigenvalue weighted by molar-refractivity contribution is 5.34. The van der Waals surface area contributed by atoms with E-state index in [-0.39, 0.29) is 0 Å². The number of hydrogen-bond acceptors (Lipinski definition) is 4. The number of rotatable bonds is 5. The molecule has 1 fully saturated rings. The van der Waals surface area contributed by atoms with Crippen molar-refractivity contribution in [3.05, 3.63) is 17.5 Å². The maximum absolute atomic E-state index is 5.55. The molecule has 1 aliphatic rings. The first-order valence-corrected chi connectivity index (χ1v) is 5.95.